The lowest BCUT2D eigenvalue weighted by molar-refractivity contribution is -0.227. The van der Waals surface area contributed by atoms with Crippen molar-refractivity contribution in [2.45, 2.75) is 58.4 Å². The summed E-state index contributed by atoms with van der Waals surface area (Å²) in [6, 6.07) is 3.43. The SMILES string of the molecule is COc1cnc(Cl)cc1-c1cc(C)ncc1C(=O)Nc1nc2c(s1)CN(C(=O)C1CC3(CC(OC(F)F)C3)C1)C2. The van der Waals surface area contributed by atoms with Gasteiger partial charge in [-0.25, -0.2) is 9.97 Å². The van der Waals surface area contributed by atoms with Gasteiger partial charge in [0.1, 0.15) is 10.9 Å². The van der Waals surface area contributed by atoms with Gasteiger partial charge in [0.25, 0.3) is 5.91 Å². The highest BCUT2D eigenvalue weighted by Crippen LogP contribution is 2.60. The molecule has 1 aliphatic heterocycles. The van der Waals surface area contributed by atoms with Crippen LogP contribution in [0, 0.1) is 18.3 Å². The summed E-state index contributed by atoms with van der Waals surface area (Å²) in [5.41, 5.74) is 3.01. The minimum atomic E-state index is -2.75. The van der Waals surface area contributed by atoms with Crippen molar-refractivity contribution in [1.82, 2.24) is 19.9 Å². The number of pyridine rings is 2. The lowest BCUT2D eigenvalue weighted by Crippen LogP contribution is -2.54. The van der Waals surface area contributed by atoms with E-state index in [2.05, 4.69) is 25.0 Å². The van der Waals surface area contributed by atoms with Crippen molar-refractivity contribution in [2.75, 3.05) is 12.4 Å². The van der Waals surface area contributed by atoms with Crippen molar-refractivity contribution in [3.8, 4) is 16.9 Å². The van der Waals surface area contributed by atoms with E-state index in [1.807, 2.05) is 6.92 Å². The molecule has 3 aromatic heterocycles. The number of carbonyl (C=O) groups is 2. The predicted octanol–water partition coefficient (Wildman–Crippen LogP) is 5.46. The molecule has 9 nitrogen and oxygen atoms in total. The van der Waals surface area contributed by atoms with Gasteiger partial charge in [-0.15, -0.1) is 0 Å². The smallest absolute Gasteiger partial charge is 0.345 e. The molecule has 40 heavy (non-hydrogen) atoms. The van der Waals surface area contributed by atoms with Gasteiger partial charge in [0.2, 0.25) is 5.91 Å². The van der Waals surface area contributed by atoms with Crippen molar-refractivity contribution in [3.05, 3.63) is 51.5 Å². The van der Waals surface area contributed by atoms with E-state index in [1.54, 1.807) is 17.0 Å². The first-order valence-electron chi connectivity index (χ1n) is 12.8. The molecule has 0 saturated heterocycles. The van der Waals surface area contributed by atoms with E-state index in [-0.39, 0.29) is 28.3 Å². The molecule has 1 N–H and O–H groups in total. The highest BCUT2D eigenvalue weighted by molar-refractivity contribution is 7.16. The number of hydrogen-bond donors (Lipinski definition) is 1. The molecule has 210 valence electrons. The van der Waals surface area contributed by atoms with Crippen LogP contribution < -0.4 is 10.1 Å². The van der Waals surface area contributed by atoms with E-state index in [0.717, 1.165) is 16.3 Å². The fourth-order valence-corrected chi connectivity index (χ4v) is 7.21. The average Bonchev–Trinajstić information content (AvgIpc) is 3.42. The zero-order valence-corrected chi connectivity index (χ0v) is 23.3. The average molecular weight is 590 g/mol. The molecule has 0 atom stereocenters. The van der Waals surface area contributed by atoms with Crippen LogP contribution in [0.3, 0.4) is 0 Å². The molecule has 0 unspecified atom stereocenters. The number of anilines is 1. The quantitative estimate of drug-likeness (QED) is 0.365. The van der Waals surface area contributed by atoms with E-state index in [9.17, 15) is 18.4 Å². The second-order valence-electron chi connectivity index (χ2n) is 10.6. The molecule has 2 saturated carbocycles. The van der Waals surface area contributed by atoms with Crippen LogP contribution in [0.1, 0.15) is 52.3 Å². The van der Waals surface area contributed by atoms with E-state index < -0.39 is 12.7 Å². The number of nitrogens with one attached hydrogen (secondary N) is 1. The Hall–Kier alpha value is -3.22. The van der Waals surface area contributed by atoms with Gasteiger partial charge in [-0.05, 0) is 50.2 Å². The number of ether oxygens (including phenoxy) is 2. The largest absolute Gasteiger partial charge is 0.494 e. The maximum Gasteiger partial charge on any atom is 0.345 e. The van der Waals surface area contributed by atoms with Gasteiger partial charge in [0, 0.05) is 28.9 Å². The van der Waals surface area contributed by atoms with Gasteiger partial charge in [-0.3, -0.25) is 19.9 Å². The van der Waals surface area contributed by atoms with Gasteiger partial charge in [-0.2, -0.15) is 8.78 Å². The summed E-state index contributed by atoms with van der Waals surface area (Å²) < 4.78 is 34.8. The molecule has 13 heteroatoms. The first-order chi connectivity index (χ1) is 19.1. The molecule has 3 aliphatic rings. The minimum absolute atomic E-state index is 0.0184. The lowest BCUT2D eigenvalue weighted by Gasteiger charge is -2.57. The van der Waals surface area contributed by atoms with E-state index in [0.29, 0.717) is 66.3 Å². The van der Waals surface area contributed by atoms with Crippen molar-refractivity contribution in [3.63, 3.8) is 0 Å². The second-order valence-corrected chi connectivity index (χ2v) is 12.1. The molecule has 2 fully saturated rings. The number of rotatable bonds is 7. The number of alkyl halides is 2. The third kappa shape index (κ3) is 5.04. The Bertz CT molecular complexity index is 1460. The molecular weight excluding hydrogens is 564 g/mol. The third-order valence-corrected chi connectivity index (χ3v) is 9.14. The number of fused-ring (bicyclic) bond motifs is 1. The lowest BCUT2D eigenvalue weighted by atomic mass is 9.50. The number of aromatic nitrogens is 3. The maximum atomic E-state index is 13.3. The van der Waals surface area contributed by atoms with E-state index in [1.165, 1.54) is 30.8 Å². The van der Waals surface area contributed by atoms with Crippen LogP contribution in [-0.2, 0) is 22.6 Å². The van der Waals surface area contributed by atoms with Crippen molar-refractivity contribution < 1.29 is 27.8 Å². The van der Waals surface area contributed by atoms with Crippen LogP contribution in [0.25, 0.3) is 11.1 Å². The summed E-state index contributed by atoms with van der Waals surface area (Å²) in [6.07, 6.45) is 5.23. The van der Waals surface area contributed by atoms with Crippen LogP contribution >= 0.6 is 22.9 Å². The fourth-order valence-electron chi connectivity index (χ4n) is 6.07. The van der Waals surface area contributed by atoms with Crippen molar-refractivity contribution >= 4 is 39.9 Å². The molecule has 2 amide bonds. The Balaban J connectivity index is 1.09. The zero-order valence-electron chi connectivity index (χ0n) is 21.7. The maximum absolute atomic E-state index is 13.3. The summed E-state index contributed by atoms with van der Waals surface area (Å²) in [5, 5.41) is 3.58. The Morgan fingerprint density at radius 3 is 2.62 bits per heavy atom. The monoisotopic (exact) mass is 589 g/mol. The molecule has 3 aromatic rings. The van der Waals surface area contributed by atoms with Gasteiger partial charge in [0.05, 0.1) is 48.6 Å². The summed E-state index contributed by atoms with van der Waals surface area (Å²) in [4.78, 5) is 42.0. The van der Waals surface area contributed by atoms with Crippen LogP contribution in [0.4, 0.5) is 13.9 Å². The number of hydrogen-bond acceptors (Lipinski definition) is 8. The molecule has 0 radical (unpaired) electrons. The van der Waals surface area contributed by atoms with Crippen LogP contribution in [-0.4, -0.2) is 51.5 Å². The highest BCUT2D eigenvalue weighted by atomic mass is 35.5. The Kier molecular flexibility index (Phi) is 6.96. The summed E-state index contributed by atoms with van der Waals surface area (Å²) >= 11 is 7.47. The summed E-state index contributed by atoms with van der Waals surface area (Å²) in [5.74, 6) is 0.0667. The molecule has 1 spiro atoms. The Labute approximate surface area is 237 Å². The number of methoxy groups -OCH3 is 1. The molecule has 0 bridgehead atoms. The summed E-state index contributed by atoms with van der Waals surface area (Å²) in [7, 11) is 1.52. The minimum Gasteiger partial charge on any atom is -0.494 e. The molecule has 6 rings (SSSR count). The molecule has 2 aliphatic carbocycles. The number of thiazole rings is 1. The molecule has 4 heterocycles. The molecule has 0 aromatic carbocycles. The van der Waals surface area contributed by atoms with Crippen LogP contribution in [0.2, 0.25) is 5.15 Å². The normalized spacial score (nSPS) is 23.1. The Morgan fingerprint density at radius 2 is 1.93 bits per heavy atom. The summed E-state index contributed by atoms with van der Waals surface area (Å²) in [6.45, 7) is -0.102. The zero-order chi connectivity index (χ0) is 28.2. The number of halogens is 3. The Morgan fingerprint density at radius 1 is 1.15 bits per heavy atom. The standard InChI is InChI=1S/C27H26ClF2N5O4S/c1-13-3-16(17-4-22(28)32-10-20(17)38-2)18(9-31-13)23(36)34-26-33-19-11-35(12-21(19)40-26)24(37)14-5-27(6-14)7-15(8-27)39-25(29)30/h3-4,9-10,14-15,25H,5-8,11-12H2,1-2H3,(H,33,34,36). The number of aryl methyl sites for hydroxylation is 1. The van der Waals surface area contributed by atoms with Crippen molar-refractivity contribution in [2.24, 2.45) is 11.3 Å². The van der Waals surface area contributed by atoms with Gasteiger partial charge in [-0.1, -0.05) is 22.9 Å². The number of carbonyl (C=O) groups excluding carboxylic acids is 2. The number of amides is 2. The van der Waals surface area contributed by atoms with Gasteiger partial charge < -0.3 is 14.4 Å². The fraction of sp³-hybridized carbons (Fsp3) is 0.444. The second kappa shape index (κ2) is 10.3. The van der Waals surface area contributed by atoms with Crippen molar-refractivity contribution in [1.29, 1.82) is 0 Å². The third-order valence-electron chi connectivity index (χ3n) is 7.94. The topological polar surface area (TPSA) is 107 Å². The number of nitrogens with zero attached hydrogens (tertiary/aromatic N) is 4. The van der Waals surface area contributed by atoms with E-state index >= 15 is 0 Å². The first-order valence-corrected chi connectivity index (χ1v) is 14.0. The van der Waals surface area contributed by atoms with E-state index in [4.69, 9.17) is 16.3 Å². The predicted molar refractivity (Wildman–Crippen MR) is 143 cm³/mol. The first kappa shape index (κ1) is 27.0. The molecular formula is C27H26ClF2N5O4S. The van der Waals surface area contributed by atoms with Crippen LogP contribution in [0.15, 0.2) is 24.5 Å². The van der Waals surface area contributed by atoms with Crippen LogP contribution in [0.5, 0.6) is 5.75 Å². The highest BCUT2D eigenvalue weighted by Gasteiger charge is 2.56. The van der Waals surface area contributed by atoms with Gasteiger partial charge >= 0.3 is 6.61 Å². The van der Waals surface area contributed by atoms with Gasteiger partial charge in [0.15, 0.2) is 5.13 Å².